The zero-order chi connectivity index (χ0) is 13.7. The van der Waals surface area contributed by atoms with Gasteiger partial charge in [0.1, 0.15) is 12.4 Å². The van der Waals surface area contributed by atoms with E-state index in [1.165, 1.54) is 37.9 Å². The number of likely N-dealkylation sites (tertiary alicyclic amines) is 1. The smallest absolute Gasteiger partial charge is 0.119 e. The van der Waals surface area contributed by atoms with Crippen molar-refractivity contribution in [1.82, 2.24) is 4.90 Å². The van der Waals surface area contributed by atoms with Crippen molar-refractivity contribution < 1.29 is 4.74 Å². The van der Waals surface area contributed by atoms with Gasteiger partial charge in [-0.2, -0.15) is 0 Å². The van der Waals surface area contributed by atoms with E-state index >= 15 is 0 Å². The van der Waals surface area contributed by atoms with Crippen LogP contribution >= 0.6 is 0 Å². The SMILES string of the molecule is CC(C)(C)c1ccc(OCCN2CCCCC2)cc1. The molecular formula is C17H27NO. The molecule has 1 aromatic rings. The summed E-state index contributed by atoms with van der Waals surface area (Å²) in [5, 5.41) is 0. The van der Waals surface area contributed by atoms with Crippen LogP contribution in [0.1, 0.15) is 45.6 Å². The van der Waals surface area contributed by atoms with Crippen LogP contribution in [0.2, 0.25) is 0 Å². The lowest BCUT2D eigenvalue weighted by molar-refractivity contribution is 0.183. The number of rotatable bonds is 4. The van der Waals surface area contributed by atoms with Crippen molar-refractivity contribution in [2.45, 2.75) is 45.4 Å². The van der Waals surface area contributed by atoms with Gasteiger partial charge in [0.05, 0.1) is 0 Å². The van der Waals surface area contributed by atoms with Gasteiger partial charge in [0.15, 0.2) is 0 Å². The number of benzene rings is 1. The first kappa shape index (κ1) is 14.4. The maximum absolute atomic E-state index is 5.83. The molecule has 0 bridgehead atoms. The van der Waals surface area contributed by atoms with E-state index < -0.39 is 0 Å². The van der Waals surface area contributed by atoms with Gasteiger partial charge in [-0.25, -0.2) is 0 Å². The zero-order valence-corrected chi connectivity index (χ0v) is 12.6. The first-order valence-electron chi connectivity index (χ1n) is 7.51. The van der Waals surface area contributed by atoms with Crippen molar-refractivity contribution in [2.75, 3.05) is 26.2 Å². The molecule has 1 saturated heterocycles. The fourth-order valence-electron chi connectivity index (χ4n) is 2.53. The van der Waals surface area contributed by atoms with Gasteiger partial charge in [0, 0.05) is 6.54 Å². The molecule has 2 nitrogen and oxygen atoms in total. The summed E-state index contributed by atoms with van der Waals surface area (Å²) in [6.45, 7) is 11.0. The Morgan fingerprint density at radius 3 is 2.21 bits per heavy atom. The van der Waals surface area contributed by atoms with Crippen LogP contribution in [0, 0.1) is 0 Å². The summed E-state index contributed by atoms with van der Waals surface area (Å²) in [7, 11) is 0. The fraction of sp³-hybridized carbons (Fsp3) is 0.647. The molecule has 0 spiro atoms. The Morgan fingerprint density at radius 2 is 1.63 bits per heavy atom. The molecule has 106 valence electrons. The second-order valence-electron chi connectivity index (χ2n) is 6.53. The fourth-order valence-corrected chi connectivity index (χ4v) is 2.53. The third-order valence-electron chi connectivity index (χ3n) is 3.85. The van der Waals surface area contributed by atoms with Crippen LogP contribution in [0.25, 0.3) is 0 Å². The average Bonchev–Trinajstić information content (AvgIpc) is 2.39. The molecule has 1 heterocycles. The summed E-state index contributed by atoms with van der Waals surface area (Å²) in [6.07, 6.45) is 4.09. The molecule has 0 N–H and O–H groups in total. The Labute approximate surface area is 117 Å². The van der Waals surface area contributed by atoms with Gasteiger partial charge in [0.25, 0.3) is 0 Å². The molecule has 0 aromatic heterocycles. The van der Waals surface area contributed by atoms with Crippen molar-refractivity contribution in [1.29, 1.82) is 0 Å². The summed E-state index contributed by atoms with van der Waals surface area (Å²) in [5.74, 6) is 0.991. The second kappa shape index (κ2) is 6.42. The van der Waals surface area contributed by atoms with Crippen LogP contribution in [-0.2, 0) is 5.41 Å². The van der Waals surface area contributed by atoms with Crippen molar-refractivity contribution in [3.63, 3.8) is 0 Å². The lowest BCUT2D eigenvalue weighted by Gasteiger charge is -2.26. The third-order valence-corrected chi connectivity index (χ3v) is 3.85. The van der Waals surface area contributed by atoms with Gasteiger partial charge in [-0.15, -0.1) is 0 Å². The first-order chi connectivity index (χ1) is 9.05. The van der Waals surface area contributed by atoms with Gasteiger partial charge in [0.2, 0.25) is 0 Å². The monoisotopic (exact) mass is 261 g/mol. The van der Waals surface area contributed by atoms with Crippen LogP contribution in [0.15, 0.2) is 24.3 Å². The van der Waals surface area contributed by atoms with Gasteiger partial charge in [-0.1, -0.05) is 39.3 Å². The highest BCUT2D eigenvalue weighted by Gasteiger charge is 2.13. The quantitative estimate of drug-likeness (QED) is 0.816. The Bertz CT molecular complexity index is 371. The van der Waals surface area contributed by atoms with E-state index in [1.807, 2.05) is 0 Å². The molecule has 19 heavy (non-hydrogen) atoms. The predicted molar refractivity (Wildman–Crippen MR) is 80.9 cm³/mol. The van der Waals surface area contributed by atoms with E-state index in [2.05, 4.69) is 49.9 Å². The summed E-state index contributed by atoms with van der Waals surface area (Å²) in [4.78, 5) is 2.51. The highest BCUT2D eigenvalue weighted by atomic mass is 16.5. The third kappa shape index (κ3) is 4.54. The Kier molecular flexibility index (Phi) is 4.87. The van der Waals surface area contributed by atoms with Crippen LogP contribution in [-0.4, -0.2) is 31.1 Å². The minimum atomic E-state index is 0.215. The normalized spacial score (nSPS) is 17.4. The van der Waals surface area contributed by atoms with Crippen LogP contribution in [0.5, 0.6) is 5.75 Å². The number of nitrogens with zero attached hydrogens (tertiary/aromatic N) is 1. The van der Waals surface area contributed by atoms with E-state index in [9.17, 15) is 0 Å². The van der Waals surface area contributed by atoms with Crippen molar-refractivity contribution in [2.24, 2.45) is 0 Å². The number of hydrogen-bond acceptors (Lipinski definition) is 2. The molecule has 0 unspecified atom stereocenters. The van der Waals surface area contributed by atoms with Crippen molar-refractivity contribution in [3.05, 3.63) is 29.8 Å². The lowest BCUT2D eigenvalue weighted by Crippen LogP contribution is -2.33. The molecule has 2 heteroatoms. The molecule has 1 fully saturated rings. The van der Waals surface area contributed by atoms with Gasteiger partial charge in [-0.05, 0) is 49.0 Å². The van der Waals surface area contributed by atoms with E-state index in [-0.39, 0.29) is 5.41 Å². The molecule has 1 aliphatic heterocycles. The van der Waals surface area contributed by atoms with E-state index in [0.717, 1.165) is 18.9 Å². The summed E-state index contributed by atoms with van der Waals surface area (Å²) in [5.41, 5.74) is 1.57. The zero-order valence-electron chi connectivity index (χ0n) is 12.6. The molecule has 0 aliphatic carbocycles. The summed E-state index contributed by atoms with van der Waals surface area (Å²) in [6, 6.07) is 8.54. The Balaban J connectivity index is 1.76. The standard InChI is InChI=1S/C17H27NO/c1-17(2,3)15-7-9-16(10-8-15)19-14-13-18-11-5-4-6-12-18/h7-10H,4-6,11-14H2,1-3H3. The minimum Gasteiger partial charge on any atom is -0.492 e. The Morgan fingerprint density at radius 1 is 1.00 bits per heavy atom. The second-order valence-corrected chi connectivity index (χ2v) is 6.53. The minimum absolute atomic E-state index is 0.215. The predicted octanol–water partition coefficient (Wildman–Crippen LogP) is 3.85. The summed E-state index contributed by atoms with van der Waals surface area (Å²) < 4.78 is 5.83. The van der Waals surface area contributed by atoms with Gasteiger partial charge in [-0.3, -0.25) is 4.90 Å². The van der Waals surface area contributed by atoms with Crippen LogP contribution in [0.3, 0.4) is 0 Å². The average molecular weight is 261 g/mol. The highest BCUT2D eigenvalue weighted by molar-refractivity contribution is 5.31. The van der Waals surface area contributed by atoms with E-state index in [4.69, 9.17) is 4.74 Å². The van der Waals surface area contributed by atoms with E-state index in [0.29, 0.717) is 0 Å². The maximum Gasteiger partial charge on any atom is 0.119 e. The Hall–Kier alpha value is -1.02. The van der Waals surface area contributed by atoms with Crippen molar-refractivity contribution >= 4 is 0 Å². The van der Waals surface area contributed by atoms with Crippen LogP contribution < -0.4 is 4.74 Å². The molecule has 1 aromatic carbocycles. The molecule has 0 atom stereocenters. The maximum atomic E-state index is 5.83. The molecule has 0 amide bonds. The number of piperidine rings is 1. The largest absolute Gasteiger partial charge is 0.492 e. The number of ether oxygens (including phenoxy) is 1. The van der Waals surface area contributed by atoms with Gasteiger partial charge >= 0.3 is 0 Å². The molecule has 2 rings (SSSR count). The molecule has 0 radical (unpaired) electrons. The van der Waals surface area contributed by atoms with E-state index in [1.54, 1.807) is 0 Å². The lowest BCUT2D eigenvalue weighted by atomic mass is 9.87. The van der Waals surface area contributed by atoms with Crippen LogP contribution in [0.4, 0.5) is 0 Å². The van der Waals surface area contributed by atoms with Crippen molar-refractivity contribution in [3.8, 4) is 5.75 Å². The summed E-state index contributed by atoms with van der Waals surface area (Å²) >= 11 is 0. The highest BCUT2D eigenvalue weighted by Crippen LogP contribution is 2.24. The topological polar surface area (TPSA) is 12.5 Å². The molecular weight excluding hydrogens is 234 g/mol. The first-order valence-corrected chi connectivity index (χ1v) is 7.51. The molecule has 1 aliphatic rings. The molecule has 0 saturated carbocycles. The van der Waals surface area contributed by atoms with Gasteiger partial charge < -0.3 is 4.74 Å². The number of hydrogen-bond donors (Lipinski definition) is 0.